The summed E-state index contributed by atoms with van der Waals surface area (Å²) < 4.78 is 6.88. The summed E-state index contributed by atoms with van der Waals surface area (Å²) in [4.78, 5) is 0. The number of tetrazole rings is 1. The van der Waals surface area contributed by atoms with Crippen LogP contribution in [-0.4, -0.2) is 40.5 Å². The summed E-state index contributed by atoms with van der Waals surface area (Å²) in [6.45, 7) is 8.82. The fraction of sp³-hybridized carbons (Fsp3) is 0.909. The Labute approximate surface area is 103 Å². The van der Waals surface area contributed by atoms with Gasteiger partial charge in [-0.1, -0.05) is 13.8 Å². The quantitative estimate of drug-likeness (QED) is 0.688. The molecule has 0 aliphatic heterocycles. The molecule has 1 unspecified atom stereocenters. The van der Waals surface area contributed by atoms with E-state index in [1.807, 2.05) is 4.68 Å². The number of hydrogen-bond acceptors (Lipinski definition) is 5. The largest absolute Gasteiger partial charge is 0.383 e. The Bertz CT molecular complexity index is 313. The van der Waals surface area contributed by atoms with Crippen LogP contribution in [0, 0.1) is 5.92 Å². The van der Waals surface area contributed by atoms with Crippen molar-refractivity contribution in [3.05, 3.63) is 5.82 Å². The van der Waals surface area contributed by atoms with E-state index in [9.17, 15) is 0 Å². The summed E-state index contributed by atoms with van der Waals surface area (Å²) in [6, 6.07) is 0.146. The van der Waals surface area contributed by atoms with Crippen LogP contribution < -0.4 is 5.32 Å². The molecule has 6 nitrogen and oxygen atoms in total. The number of rotatable bonds is 8. The molecular weight excluding hydrogens is 218 g/mol. The van der Waals surface area contributed by atoms with Crippen molar-refractivity contribution >= 4 is 0 Å². The van der Waals surface area contributed by atoms with E-state index in [1.54, 1.807) is 7.11 Å². The molecule has 0 saturated carbocycles. The van der Waals surface area contributed by atoms with Crippen LogP contribution in [0.5, 0.6) is 0 Å². The molecule has 1 atom stereocenters. The highest BCUT2D eigenvalue weighted by molar-refractivity contribution is 4.89. The molecule has 1 heterocycles. The van der Waals surface area contributed by atoms with Crippen molar-refractivity contribution in [2.45, 2.75) is 39.8 Å². The van der Waals surface area contributed by atoms with Gasteiger partial charge in [0, 0.05) is 20.2 Å². The van der Waals surface area contributed by atoms with E-state index in [4.69, 9.17) is 4.74 Å². The zero-order chi connectivity index (χ0) is 12.7. The van der Waals surface area contributed by atoms with Gasteiger partial charge in [0.1, 0.15) is 0 Å². The van der Waals surface area contributed by atoms with Gasteiger partial charge in [0.25, 0.3) is 0 Å². The van der Waals surface area contributed by atoms with Gasteiger partial charge in [-0.2, -0.15) is 0 Å². The van der Waals surface area contributed by atoms with Crippen molar-refractivity contribution in [1.29, 1.82) is 0 Å². The van der Waals surface area contributed by atoms with E-state index in [-0.39, 0.29) is 6.04 Å². The van der Waals surface area contributed by atoms with Crippen molar-refractivity contribution in [2.75, 3.05) is 20.3 Å². The van der Waals surface area contributed by atoms with Gasteiger partial charge >= 0.3 is 0 Å². The van der Waals surface area contributed by atoms with E-state index < -0.39 is 0 Å². The minimum Gasteiger partial charge on any atom is -0.383 e. The second kappa shape index (κ2) is 7.34. The molecule has 98 valence electrons. The van der Waals surface area contributed by atoms with Crippen LogP contribution in [0.1, 0.15) is 39.1 Å². The van der Waals surface area contributed by atoms with E-state index >= 15 is 0 Å². The van der Waals surface area contributed by atoms with Gasteiger partial charge < -0.3 is 10.1 Å². The highest BCUT2D eigenvalue weighted by Crippen LogP contribution is 2.09. The zero-order valence-electron chi connectivity index (χ0n) is 11.2. The zero-order valence-corrected chi connectivity index (χ0v) is 11.2. The predicted octanol–water partition coefficient (Wildman–Crippen LogP) is 1.02. The van der Waals surface area contributed by atoms with E-state index in [1.165, 1.54) is 0 Å². The van der Waals surface area contributed by atoms with E-state index in [0.29, 0.717) is 12.5 Å². The van der Waals surface area contributed by atoms with Gasteiger partial charge in [-0.15, -0.1) is 5.10 Å². The standard InChI is InChI=1S/C11H23N5O/c1-9(2)5-7-16-11(13-14-15-16)10(3)12-6-8-17-4/h9-10,12H,5-8H2,1-4H3. The SMILES string of the molecule is COCCNC(C)c1nnnn1CCC(C)C. The number of nitrogens with zero attached hydrogens (tertiary/aromatic N) is 4. The topological polar surface area (TPSA) is 64.9 Å². The molecule has 0 radical (unpaired) electrons. The van der Waals surface area contributed by atoms with Crippen LogP contribution in [-0.2, 0) is 11.3 Å². The van der Waals surface area contributed by atoms with Crippen LogP contribution in [0.15, 0.2) is 0 Å². The monoisotopic (exact) mass is 241 g/mol. The Morgan fingerprint density at radius 3 is 2.76 bits per heavy atom. The first-order chi connectivity index (χ1) is 8.15. The number of nitrogens with one attached hydrogen (secondary N) is 1. The van der Waals surface area contributed by atoms with Crippen molar-refractivity contribution in [2.24, 2.45) is 5.92 Å². The fourth-order valence-corrected chi connectivity index (χ4v) is 1.53. The van der Waals surface area contributed by atoms with Crippen LogP contribution in [0.25, 0.3) is 0 Å². The number of ether oxygens (including phenoxy) is 1. The van der Waals surface area contributed by atoms with Gasteiger partial charge in [0.15, 0.2) is 5.82 Å². The van der Waals surface area contributed by atoms with Gasteiger partial charge in [-0.05, 0) is 29.7 Å². The molecule has 1 rings (SSSR count). The summed E-state index contributed by atoms with van der Waals surface area (Å²) >= 11 is 0. The normalized spacial score (nSPS) is 13.2. The average Bonchev–Trinajstić information content (AvgIpc) is 2.74. The van der Waals surface area contributed by atoms with Gasteiger partial charge in [0.2, 0.25) is 0 Å². The lowest BCUT2D eigenvalue weighted by molar-refractivity contribution is 0.195. The molecule has 0 amide bonds. The molecule has 0 aromatic carbocycles. The van der Waals surface area contributed by atoms with E-state index in [2.05, 4.69) is 41.6 Å². The Morgan fingerprint density at radius 2 is 2.12 bits per heavy atom. The van der Waals surface area contributed by atoms with Gasteiger partial charge in [0.05, 0.1) is 12.6 Å². The number of aromatic nitrogens is 4. The van der Waals surface area contributed by atoms with Gasteiger partial charge in [-0.25, -0.2) is 4.68 Å². The lowest BCUT2D eigenvalue weighted by Crippen LogP contribution is -2.26. The minimum atomic E-state index is 0.146. The summed E-state index contributed by atoms with van der Waals surface area (Å²) in [6.07, 6.45) is 1.09. The van der Waals surface area contributed by atoms with Crippen LogP contribution in [0.4, 0.5) is 0 Å². The molecule has 0 aliphatic rings. The van der Waals surface area contributed by atoms with Crippen molar-refractivity contribution in [1.82, 2.24) is 25.5 Å². The van der Waals surface area contributed by atoms with Gasteiger partial charge in [-0.3, -0.25) is 0 Å². The van der Waals surface area contributed by atoms with Crippen LogP contribution in [0.2, 0.25) is 0 Å². The second-order valence-corrected chi connectivity index (χ2v) is 4.61. The van der Waals surface area contributed by atoms with Crippen molar-refractivity contribution in [3.8, 4) is 0 Å². The number of methoxy groups -OCH3 is 1. The van der Waals surface area contributed by atoms with Crippen LogP contribution in [0.3, 0.4) is 0 Å². The maximum Gasteiger partial charge on any atom is 0.167 e. The third-order valence-electron chi connectivity index (χ3n) is 2.62. The van der Waals surface area contributed by atoms with Crippen LogP contribution >= 0.6 is 0 Å². The highest BCUT2D eigenvalue weighted by atomic mass is 16.5. The minimum absolute atomic E-state index is 0.146. The molecule has 1 aromatic rings. The molecule has 6 heteroatoms. The molecule has 1 aromatic heterocycles. The van der Waals surface area contributed by atoms with Crippen molar-refractivity contribution in [3.63, 3.8) is 0 Å². The fourth-order valence-electron chi connectivity index (χ4n) is 1.53. The summed E-state index contributed by atoms with van der Waals surface area (Å²) in [5.41, 5.74) is 0. The molecule has 17 heavy (non-hydrogen) atoms. The Morgan fingerprint density at radius 1 is 1.35 bits per heavy atom. The lowest BCUT2D eigenvalue weighted by Gasteiger charge is -2.13. The Hall–Kier alpha value is -1.01. The summed E-state index contributed by atoms with van der Waals surface area (Å²) in [5.74, 6) is 1.55. The first-order valence-corrected chi connectivity index (χ1v) is 6.13. The smallest absolute Gasteiger partial charge is 0.167 e. The molecule has 0 bridgehead atoms. The third-order valence-corrected chi connectivity index (χ3v) is 2.62. The first kappa shape index (κ1) is 14.1. The molecule has 0 fully saturated rings. The molecule has 1 N–H and O–H groups in total. The average molecular weight is 241 g/mol. The Balaban J connectivity index is 2.48. The number of hydrogen-bond donors (Lipinski definition) is 1. The molecule has 0 aliphatic carbocycles. The molecule has 0 spiro atoms. The highest BCUT2D eigenvalue weighted by Gasteiger charge is 2.13. The van der Waals surface area contributed by atoms with E-state index in [0.717, 1.165) is 25.3 Å². The van der Waals surface area contributed by atoms with Crippen molar-refractivity contribution < 1.29 is 4.74 Å². The molecular formula is C11H23N5O. The third kappa shape index (κ3) is 4.79. The Kier molecular flexibility index (Phi) is 6.07. The maximum absolute atomic E-state index is 5.00. The first-order valence-electron chi connectivity index (χ1n) is 6.13. The second-order valence-electron chi connectivity index (χ2n) is 4.61. The number of aryl methyl sites for hydroxylation is 1. The maximum atomic E-state index is 5.00. The summed E-state index contributed by atoms with van der Waals surface area (Å²) in [5, 5.41) is 15.2. The lowest BCUT2D eigenvalue weighted by atomic mass is 10.1. The summed E-state index contributed by atoms with van der Waals surface area (Å²) in [7, 11) is 1.69. The molecule has 0 saturated heterocycles. The predicted molar refractivity (Wildman–Crippen MR) is 65.6 cm³/mol.